The van der Waals surface area contributed by atoms with Gasteiger partial charge in [0.05, 0.1) is 33.0 Å². The van der Waals surface area contributed by atoms with Crippen LogP contribution in [0.25, 0.3) is 0 Å². The number of para-hydroxylation sites is 2. The van der Waals surface area contributed by atoms with Crippen molar-refractivity contribution < 1.29 is 33.5 Å². The van der Waals surface area contributed by atoms with Crippen molar-refractivity contribution in [1.29, 1.82) is 0 Å². The first-order valence-corrected chi connectivity index (χ1v) is 21.3. The van der Waals surface area contributed by atoms with Crippen LogP contribution in [0.1, 0.15) is 39.1 Å². The summed E-state index contributed by atoms with van der Waals surface area (Å²) in [6, 6.07) is 55.2. The molecule has 5 atom stereocenters. The van der Waals surface area contributed by atoms with E-state index in [1.54, 1.807) is 12.4 Å². The summed E-state index contributed by atoms with van der Waals surface area (Å²) in [7, 11) is 0. The molecule has 3 heterocycles. The van der Waals surface area contributed by atoms with Crippen molar-refractivity contribution in [2.75, 3.05) is 6.61 Å². The van der Waals surface area contributed by atoms with Crippen LogP contribution < -0.4 is 4.74 Å². The average molecular weight is 831 g/mol. The van der Waals surface area contributed by atoms with Gasteiger partial charge in [0.15, 0.2) is 5.60 Å². The summed E-state index contributed by atoms with van der Waals surface area (Å²) in [4.78, 5) is 9.76. The molecule has 9 nitrogen and oxygen atoms in total. The molecule has 0 amide bonds. The molecule has 0 saturated carbocycles. The minimum Gasteiger partial charge on any atom is -0.457 e. The van der Waals surface area contributed by atoms with Crippen LogP contribution in [0.4, 0.5) is 0 Å². The third-order valence-corrected chi connectivity index (χ3v) is 12.0. The summed E-state index contributed by atoms with van der Waals surface area (Å²) < 4.78 is 40.7. The predicted molar refractivity (Wildman–Crippen MR) is 233 cm³/mol. The number of hydrogen-bond acceptors (Lipinski definition) is 10. The van der Waals surface area contributed by atoms with Crippen molar-refractivity contribution in [2.45, 2.75) is 66.9 Å². The molecule has 61 heavy (non-hydrogen) atoms. The first-order valence-electron chi connectivity index (χ1n) is 20.4. The van der Waals surface area contributed by atoms with Gasteiger partial charge >= 0.3 is 0 Å². The van der Waals surface area contributed by atoms with Crippen molar-refractivity contribution in [3.05, 3.63) is 221 Å². The van der Waals surface area contributed by atoms with Gasteiger partial charge in [0.1, 0.15) is 52.1 Å². The van der Waals surface area contributed by atoms with Crippen LogP contribution in [-0.4, -0.2) is 51.5 Å². The summed E-state index contributed by atoms with van der Waals surface area (Å²) in [5.41, 5.74) is 3.08. The van der Waals surface area contributed by atoms with Crippen LogP contribution in [0.2, 0.25) is 0 Å². The summed E-state index contributed by atoms with van der Waals surface area (Å²) in [6.07, 6.45) is 0.676. The quantitative estimate of drug-likeness (QED) is 0.101. The first-order chi connectivity index (χ1) is 30.1. The van der Waals surface area contributed by atoms with E-state index in [1.165, 1.54) is 11.8 Å². The average Bonchev–Trinajstić information content (AvgIpc) is 3.32. The van der Waals surface area contributed by atoms with Crippen molar-refractivity contribution in [3.63, 3.8) is 0 Å². The van der Waals surface area contributed by atoms with Crippen LogP contribution in [0.15, 0.2) is 187 Å². The Balaban J connectivity index is 1.12. The highest BCUT2D eigenvalue weighted by molar-refractivity contribution is 7.99. The van der Waals surface area contributed by atoms with E-state index in [0.717, 1.165) is 22.3 Å². The van der Waals surface area contributed by atoms with Crippen molar-refractivity contribution in [2.24, 2.45) is 0 Å². The number of thioether (sulfide) groups is 1. The zero-order chi connectivity index (χ0) is 41.3. The number of aliphatic hydroxyl groups is 1. The van der Waals surface area contributed by atoms with E-state index in [4.69, 9.17) is 38.4 Å². The van der Waals surface area contributed by atoms with E-state index >= 15 is 0 Å². The highest BCUT2D eigenvalue weighted by atomic mass is 32.2. The lowest BCUT2D eigenvalue weighted by atomic mass is 9.81. The molecule has 2 aliphatic rings. The lowest BCUT2D eigenvalue weighted by Gasteiger charge is -2.46. The molecule has 7 aromatic rings. The maximum absolute atomic E-state index is 13.1. The number of rotatable bonds is 16. The molecule has 1 aromatic heterocycles. The number of aromatic nitrogens is 2. The molecule has 0 spiro atoms. The fourth-order valence-electron chi connectivity index (χ4n) is 7.84. The van der Waals surface area contributed by atoms with E-state index in [1.807, 2.05) is 170 Å². The molecule has 9 rings (SSSR count). The van der Waals surface area contributed by atoms with Gasteiger partial charge in [-0.25, -0.2) is 4.98 Å². The molecule has 0 aliphatic carbocycles. The molecule has 0 unspecified atom stereocenters. The largest absolute Gasteiger partial charge is 0.457 e. The molecular formula is C51H46N2O7S. The van der Waals surface area contributed by atoms with Gasteiger partial charge in [0.2, 0.25) is 0 Å². The summed E-state index contributed by atoms with van der Waals surface area (Å²) in [5.74, 6) is 1.07. The number of benzene rings is 6. The Morgan fingerprint density at radius 3 is 1.49 bits per heavy atom. The van der Waals surface area contributed by atoms with Gasteiger partial charge in [-0.15, -0.1) is 0 Å². The van der Waals surface area contributed by atoms with Crippen LogP contribution in [0, 0.1) is 0 Å². The second kappa shape index (κ2) is 19.4. The minimum atomic E-state index is -1.71. The fraction of sp³-hybridized carbons (Fsp3) is 0.216. The third kappa shape index (κ3) is 9.31. The van der Waals surface area contributed by atoms with Gasteiger partial charge in [-0.2, -0.15) is 0 Å². The molecule has 10 heteroatoms. The number of hydrogen-bond donors (Lipinski definition) is 1. The van der Waals surface area contributed by atoms with E-state index in [9.17, 15) is 5.11 Å². The van der Waals surface area contributed by atoms with E-state index in [-0.39, 0.29) is 13.2 Å². The Morgan fingerprint density at radius 2 is 0.951 bits per heavy atom. The SMILES string of the molecule is OC1(c2nccnc2S[C@@H]2O[C@H](COCc3ccccc3)[C@@H](OCc3ccccc3)[C@H](OCc3ccccc3)[C@H]2OCc2ccccc2)c2ccccc2Oc2ccccc21. The second-order valence-corrected chi connectivity index (χ2v) is 16.0. The molecular weight excluding hydrogens is 785 g/mol. The molecule has 0 bridgehead atoms. The van der Waals surface area contributed by atoms with Crippen LogP contribution in [-0.2, 0) is 55.7 Å². The summed E-state index contributed by atoms with van der Waals surface area (Å²) >= 11 is 1.34. The second-order valence-electron chi connectivity index (χ2n) is 15.0. The lowest BCUT2D eigenvalue weighted by molar-refractivity contribution is -0.254. The molecule has 2 aliphatic heterocycles. The molecule has 6 aromatic carbocycles. The monoisotopic (exact) mass is 830 g/mol. The number of nitrogens with zero attached hydrogens (tertiary/aromatic N) is 2. The third-order valence-electron chi connectivity index (χ3n) is 10.8. The normalized spacial score (nSPS) is 20.2. The molecule has 0 radical (unpaired) electrons. The highest BCUT2D eigenvalue weighted by Gasteiger charge is 2.51. The fourth-order valence-corrected chi connectivity index (χ4v) is 9.06. The Morgan fingerprint density at radius 1 is 0.508 bits per heavy atom. The maximum Gasteiger partial charge on any atom is 0.167 e. The van der Waals surface area contributed by atoms with E-state index in [2.05, 4.69) is 0 Å². The zero-order valence-corrected chi connectivity index (χ0v) is 34.3. The van der Waals surface area contributed by atoms with Gasteiger partial charge in [0, 0.05) is 23.5 Å². The Hall–Kier alpha value is -5.69. The summed E-state index contributed by atoms with van der Waals surface area (Å²) in [6.45, 7) is 1.50. The van der Waals surface area contributed by atoms with E-state index in [0.29, 0.717) is 53.2 Å². The topological polar surface area (TPSA) is 101 Å². The van der Waals surface area contributed by atoms with E-state index < -0.39 is 35.5 Å². The van der Waals surface area contributed by atoms with Crippen molar-refractivity contribution in [3.8, 4) is 11.5 Å². The van der Waals surface area contributed by atoms with Gasteiger partial charge in [-0.05, 0) is 34.4 Å². The smallest absolute Gasteiger partial charge is 0.167 e. The van der Waals surface area contributed by atoms with Gasteiger partial charge < -0.3 is 33.5 Å². The minimum absolute atomic E-state index is 0.206. The maximum atomic E-state index is 13.1. The Bertz CT molecular complexity index is 2420. The number of fused-ring (bicyclic) bond motifs is 2. The van der Waals surface area contributed by atoms with Crippen LogP contribution in [0.5, 0.6) is 11.5 Å². The van der Waals surface area contributed by atoms with Gasteiger partial charge in [-0.3, -0.25) is 4.98 Å². The van der Waals surface area contributed by atoms with Crippen LogP contribution >= 0.6 is 11.8 Å². The number of ether oxygens (including phenoxy) is 6. The summed E-state index contributed by atoms with van der Waals surface area (Å²) in [5, 5.41) is 13.6. The zero-order valence-electron chi connectivity index (χ0n) is 33.4. The first kappa shape index (κ1) is 40.7. The van der Waals surface area contributed by atoms with Gasteiger partial charge in [-0.1, -0.05) is 169 Å². The standard InChI is InChI=1S/C51H46N2O7S/c54-51(40-25-13-15-27-42(40)59-43-28-16-14-26-41(43)51)48-49(53-30-29-52-48)61-50-47(58-34-39-23-11-4-12-24-39)46(57-33-38-21-9-3-10-22-38)45(56-32-37-19-7-2-8-20-37)44(60-50)35-55-31-36-17-5-1-6-18-36/h1-30,44-47,50,54H,31-35H2/t44-,45-,46+,47-,50+/m1/s1. The predicted octanol–water partition coefficient (Wildman–Crippen LogP) is 9.66. The highest BCUT2D eigenvalue weighted by Crippen LogP contribution is 2.51. The molecule has 308 valence electrons. The molecule has 1 saturated heterocycles. The molecule has 1 N–H and O–H groups in total. The Labute approximate surface area is 360 Å². The molecule has 1 fully saturated rings. The van der Waals surface area contributed by atoms with Crippen LogP contribution in [0.3, 0.4) is 0 Å². The van der Waals surface area contributed by atoms with Crippen molar-refractivity contribution in [1.82, 2.24) is 9.97 Å². The van der Waals surface area contributed by atoms with Crippen molar-refractivity contribution >= 4 is 11.8 Å². The Kier molecular flexibility index (Phi) is 12.9. The van der Waals surface area contributed by atoms with Gasteiger partial charge in [0.25, 0.3) is 0 Å². The lowest BCUT2D eigenvalue weighted by Crippen LogP contribution is -2.60.